The molecule has 2 aliphatic heterocycles. The molecule has 0 amide bonds. The molecule has 0 radical (unpaired) electrons. The van der Waals surface area contributed by atoms with Crippen LogP contribution < -0.4 is 0 Å². The lowest BCUT2D eigenvalue weighted by molar-refractivity contribution is 0.172. The van der Waals surface area contributed by atoms with Crippen LogP contribution in [0.25, 0.3) is 5.57 Å². The van der Waals surface area contributed by atoms with Gasteiger partial charge in [0.15, 0.2) is 0 Å². The standard InChI is InChI=1S/C26H25N/c1-18-11-13-20(14-12-18)25-17-27-16-21-7-3-4-8-22(21)19(2)15-26(27)24-10-6-5-9-23(24)25/h3-14,25-26H,2,15-17H2,1H3/t25-,26-/m0/s1. The predicted octanol–water partition coefficient (Wildman–Crippen LogP) is 6.10. The maximum absolute atomic E-state index is 4.44. The molecule has 134 valence electrons. The number of hydrogen-bond donors (Lipinski definition) is 0. The largest absolute Gasteiger partial charge is 0.291 e. The summed E-state index contributed by atoms with van der Waals surface area (Å²) >= 11 is 0. The average molecular weight is 351 g/mol. The van der Waals surface area contributed by atoms with Crippen molar-refractivity contribution in [2.45, 2.75) is 31.8 Å². The van der Waals surface area contributed by atoms with Gasteiger partial charge in [0.25, 0.3) is 0 Å². The van der Waals surface area contributed by atoms with Crippen LogP contribution in [0.2, 0.25) is 0 Å². The van der Waals surface area contributed by atoms with E-state index in [9.17, 15) is 0 Å². The van der Waals surface area contributed by atoms with Crippen LogP contribution in [-0.4, -0.2) is 11.4 Å². The molecule has 0 saturated carbocycles. The van der Waals surface area contributed by atoms with Gasteiger partial charge in [0.2, 0.25) is 0 Å². The molecule has 0 saturated heterocycles. The molecule has 0 unspecified atom stereocenters. The fraction of sp³-hybridized carbons (Fsp3) is 0.231. The van der Waals surface area contributed by atoms with Crippen LogP contribution in [-0.2, 0) is 6.54 Å². The van der Waals surface area contributed by atoms with Gasteiger partial charge in [0.1, 0.15) is 0 Å². The van der Waals surface area contributed by atoms with Gasteiger partial charge in [-0.15, -0.1) is 0 Å². The van der Waals surface area contributed by atoms with Crippen LogP contribution >= 0.6 is 0 Å². The van der Waals surface area contributed by atoms with E-state index in [1.807, 2.05) is 0 Å². The quantitative estimate of drug-likeness (QED) is 0.512. The van der Waals surface area contributed by atoms with Crippen LogP contribution in [0.5, 0.6) is 0 Å². The second-order valence-electron chi connectivity index (χ2n) is 8.00. The van der Waals surface area contributed by atoms with Crippen LogP contribution in [0, 0.1) is 6.92 Å². The van der Waals surface area contributed by atoms with Gasteiger partial charge in [-0.1, -0.05) is 84.9 Å². The summed E-state index contributed by atoms with van der Waals surface area (Å²) in [6.07, 6.45) is 1.01. The summed E-state index contributed by atoms with van der Waals surface area (Å²) < 4.78 is 0. The molecule has 5 rings (SSSR count). The first-order valence-corrected chi connectivity index (χ1v) is 9.86. The van der Waals surface area contributed by atoms with E-state index in [2.05, 4.69) is 91.2 Å². The van der Waals surface area contributed by atoms with Crippen molar-refractivity contribution in [3.63, 3.8) is 0 Å². The van der Waals surface area contributed by atoms with Crippen molar-refractivity contribution in [1.82, 2.24) is 4.90 Å². The molecule has 0 N–H and O–H groups in total. The summed E-state index contributed by atoms with van der Waals surface area (Å²) in [6, 6.07) is 27.3. The van der Waals surface area contributed by atoms with Gasteiger partial charge in [-0.25, -0.2) is 0 Å². The second-order valence-corrected chi connectivity index (χ2v) is 8.00. The number of hydrogen-bond acceptors (Lipinski definition) is 1. The van der Waals surface area contributed by atoms with E-state index in [-0.39, 0.29) is 0 Å². The van der Waals surface area contributed by atoms with Gasteiger partial charge < -0.3 is 0 Å². The van der Waals surface area contributed by atoms with Gasteiger partial charge in [-0.3, -0.25) is 4.90 Å². The van der Waals surface area contributed by atoms with Crippen LogP contribution in [0.1, 0.15) is 51.8 Å². The Balaban J connectivity index is 1.62. The Kier molecular flexibility index (Phi) is 3.98. The molecular weight excluding hydrogens is 326 g/mol. The normalized spacial score (nSPS) is 21.7. The molecule has 2 aliphatic rings. The molecule has 2 heterocycles. The maximum Gasteiger partial charge on any atom is 0.0395 e. The lowest BCUT2D eigenvalue weighted by atomic mass is 9.80. The minimum Gasteiger partial charge on any atom is -0.291 e. The van der Waals surface area contributed by atoms with E-state index in [0.29, 0.717) is 12.0 Å². The van der Waals surface area contributed by atoms with E-state index >= 15 is 0 Å². The van der Waals surface area contributed by atoms with Crippen LogP contribution in [0.15, 0.2) is 79.4 Å². The highest BCUT2D eigenvalue weighted by Crippen LogP contribution is 2.45. The van der Waals surface area contributed by atoms with Crippen LogP contribution in [0.3, 0.4) is 0 Å². The molecule has 27 heavy (non-hydrogen) atoms. The van der Waals surface area contributed by atoms with Crippen molar-refractivity contribution in [3.05, 3.63) is 113 Å². The number of aryl methyl sites for hydroxylation is 1. The third-order valence-electron chi connectivity index (χ3n) is 6.28. The molecule has 0 aromatic heterocycles. The van der Waals surface area contributed by atoms with Crippen molar-refractivity contribution >= 4 is 5.57 Å². The highest BCUT2D eigenvalue weighted by Gasteiger charge is 2.35. The zero-order valence-corrected chi connectivity index (χ0v) is 15.9. The number of rotatable bonds is 1. The van der Waals surface area contributed by atoms with Crippen molar-refractivity contribution in [2.24, 2.45) is 0 Å². The predicted molar refractivity (Wildman–Crippen MR) is 113 cm³/mol. The smallest absolute Gasteiger partial charge is 0.0395 e. The lowest BCUT2D eigenvalue weighted by Gasteiger charge is -2.41. The summed E-state index contributed by atoms with van der Waals surface area (Å²) in [5, 5.41) is 0. The van der Waals surface area contributed by atoms with Crippen molar-refractivity contribution < 1.29 is 0 Å². The molecule has 2 atom stereocenters. The lowest BCUT2D eigenvalue weighted by Crippen LogP contribution is -2.37. The average Bonchev–Trinajstić information content (AvgIpc) is 2.84. The van der Waals surface area contributed by atoms with Gasteiger partial charge in [0.05, 0.1) is 0 Å². The van der Waals surface area contributed by atoms with E-state index in [1.54, 1.807) is 0 Å². The summed E-state index contributed by atoms with van der Waals surface area (Å²) in [6.45, 7) is 8.66. The Hall–Kier alpha value is -2.64. The van der Waals surface area contributed by atoms with E-state index in [0.717, 1.165) is 19.5 Å². The summed E-state index contributed by atoms with van der Waals surface area (Å²) in [4.78, 5) is 2.67. The molecule has 3 aromatic rings. The minimum absolute atomic E-state index is 0.419. The number of fused-ring (bicyclic) bond motifs is 4. The number of benzene rings is 3. The Labute approximate surface area is 162 Å². The molecule has 0 aliphatic carbocycles. The Morgan fingerprint density at radius 1 is 0.852 bits per heavy atom. The Bertz CT molecular complexity index is 999. The number of nitrogens with zero attached hydrogens (tertiary/aromatic N) is 1. The van der Waals surface area contributed by atoms with Gasteiger partial charge in [-0.2, -0.15) is 0 Å². The third kappa shape index (κ3) is 2.83. The zero-order valence-electron chi connectivity index (χ0n) is 15.9. The highest BCUT2D eigenvalue weighted by atomic mass is 15.2. The molecular formula is C26H25N. The van der Waals surface area contributed by atoms with Crippen LogP contribution in [0.4, 0.5) is 0 Å². The molecule has 0 spiro atoms. The first-order valence-electron chi connectivity index (χ1n) is 9.86. The van der Waals surface area contributed by atoms with E-state index < -0.39 is 0 Å². The summed E-state index contributed by atoms with van der Waals surface area (Å²) in [5.41, 5.74) is 9.72. The first kappa shape index (κ1) is 16.5. The zero-order chi connectivity index (χ0) is 18.4. The van der Waals surface area contributed by atoms with Gasteiger partial charge in [0, 0.05) is 25.0 Å². The molecule has 0 bridgehead atoms. The fourth-order valence-corrected chi connectivity index (χ4v) is 4.85. The Morgan fingerprint density at radius 3 is 2.37 bits per heavy atom. The van der Waals surface area contributed by atoms with Gasteiger partial charge in [-0.05, 0) is 46.7 Å². The molecule has 3 aromatic carbocycles. The maximum atomic E-state index is 4.44. The molecule has 0 fully saturated rings. The third-order valence-corrected chi connectivity index (χ3v) is 6.28. The minimum atomic E-state index is 0.419. The monoisotopic (exact) mass is 351 g/mol. The topological polar surface area (TPSA) is 3.24 Å². The Morgan fingerprint density at radius 2 is 1.56 bits per heavy atom. The van der Waals surface area contributed by atoms with E-state index in [1.165, 1.54) is 39.0 Å². The SMILES string of the molecule is C=C1C[C@H]2c3ccccc3[C@H](c3ccc(C)cc3)CN2Cc2ccccc21. The second kappa shape index (κ2) is 6.51. The fourth-order valence-electron chi connectivity index (χ4n) is 4.85. The summed E-state index contributed by atoms with van der Waals surface area (Å²) in [7, 11) is 0. The van der Waals surface area contributed by atoms with Crippen molar-refractivity contribution in [3.8, 4) is 0 Å². The molecule has 1 nitrogen and oxygen atoms in total. The summed E-state index contributed by atoms with van der Waals surface area (Å²) in [5.74, 6) is 0.427. The van der Waals surface area contributed by atoms with Gasteiger partial charge >= 0.3 is 0 Å². The highest BCUT2D eigenvalue weighted by molar-refractivity contribution is 5.68. The van der Waals surface area contributed by atoms with Crippen molar-refractivity contribution in [2.75, 3.05) is 6.54 Å². The van der Waals surface area contributed by atoms with E-state index in [4.69, 9.17) is 0 Å². The molecule has 1 heteroatoms. The van der Waals surface area contributed by atoms with Crippen molar-refractivity contribution in [1.29, 1.82) is 0 Å². The first-order chi connectivity index (χ1) is 13.2.